The zero-order valence-electron chi connectivity index (χ0n) is 17.0. The van der Waals surface area contributed by atoms with Crippen LogP contribution in [0.4, 0.5) is 5.69 Å². The van der Waals surface area contributed by atoms with E-state index in [-0.39, 0.29) is 5.97 Å². The number of fused-ring (bicyclic) bond motifs is 1. The lowest BCUT2D eigenvalue weighted by Gasteiger charge is -2.27. The lowest BCUT2D eigenvalue weighted by Crippen LogP contribution is -2.22. The van der Waals surface area contributed by atoms with Crippen molar-refractivity contribution < 1.29 is 14.3 Å². The van der Waals surface area contributed by atoms with Gasteiger partial charge in [0, 0.05) is 35.9 Å². The minimum atomic E-state index is -0.313. The Balaban J connectivity index is 1.55. The van der Waals surface area contributed by atoms with Gasteiger partial charge in [0.25, 0.3) is 0 Å². The van der Waals surface area contributed by atoms with Crippen LogP contribution < -0.4 is 9.64 Å². The van der Waals surface area contributed by atoms with Crippen LogP contribution in [0.25, 0.3) is 5.03 Å². The number of halogens is 1. The van der Waals surface area contributed by atoms with E-state index in [1.807, 2.05) is 30.5 Å². The fourth-order valence-electron chi connectivity index (χ4n) is 3.56. The molecule has 0 N–H and O–H groups in total. The van der Waals surface area contributed by atoms with E-state index in [1.54, 1.807) is 26.2 Å². The van der Waals surface area contributed by atoms with Gasteiger partial charge < -0.3 is 18.9 Å². The average Bonchev–Trinajstić information content (AvgIpc) is 3.18. The summed E-state index contributed by atoms with van der Waals surface area (Å²) in [5, 5.41) is 0.694. The molecule has 6 heteroatoms. The second-order valence-electron chi connectivity index (χ2n) is 7.02. The molecule has 1 aliphatic rings. The highest BCUT2D eigenvalue weighted by atomic mass is 35.5. The average molecular weight is 423 g/mol. The van der Waals surface area contributed by atoms with Crippen LogP contribution in [0.1, 0.15) is 34.1 Å². The summed E-state index contributed by atoms with van der Waals surface area (Å²) in [6.45, 7) is 3.59. The molecular weight excluding hydrogens is 400 g/mol. The van der Waals surface area contributed by atoms with Crippen molar-refractivity contribution in [1.29, 1.82) is 0 Å². The molecule has 1 aliphatic heterocycles. The SMILES string of the molecule is CCOC(=O)c1ccc(N2C=C(Cl)c3ccn(Cc4ccc(OC)cc4)c3C2)cc1. The maximum atomic E-state index is 11.9. The highest BCUT2D eigenvalue weighted by molar-refractivity contribution is 6.49. The fourth-order valence-corrected chi connectivity index (χ4v) is 3.85. The Morgan fingerprint density at radius 2 is 1.80 bits per heavy atom. The molecule has 2 heterocycles. The number of benzene rings is 2. The lowest BCUT2D eigenvalue weighted by molar-refractivity contribution is 0.0526. The van der Waals surface area contributed by atoms with Crippen molar-refractivity contribution in [3.05, 3.63) is 89.4 Å². The molecular formula is C24H23ClN2O3. The number of aromatic nitrogens is 1. The Kier molecular flexibility index (Phi) is 5.81. The van der Waals surface area contributed by atoms with Crippen LogP contribution in [0.3, 0.4) is 0 Å². The Hall–Kier alpha value is -3.18. The monoisotopic (exact) mass is 422 g/mol. The van der Waals surface area contributed by atoms with Gasteiger partial charge in [0.1, 0.15) is 5.75 Å². The number of hydrogen-bond donors (Lipinski definition) is 0. The molecule has 0 unspecified atom stereocenters. The topological polar surface area (TPSA) is 43.7 Å². The minimum Gasteiger partial charge on any atom is -0.497 e. The van der Waals surface area contributed by atoms with E-state index in [2.05, 4.69) is 33.9 Å². The lowest BCUT2D eigenvalue weighted by atomic mass is 10.1. The van der Waals surface area contributed by atoms with E-state index in [0.717, 1.165) is 29.2 Å². The van der Waals surface area contributed by atoms with Gasteiger partial charge in [-0.25, -0.2) is 4.79 Å². The predicted octanol–water partition coefficient (Wildman–Crippen LogP) is 5.28. The predicted molar refractivity (Wildman–Crippen MR) is 119 cm³/mol. The van der Waals surface area contributed by atoms with E-state index < -0.39 is 0 Å². The van der Waals surface area contributed by atoms with Crippen molar-refractivity contribution in [3.8, 4) is 5.75 Å². The molecule has 154 valence electrons. The van der Waals surface area contributed by atoms with Crippen molar-refractivity contribution in [2.75, 3.05) is 18.6 Å². The summed E-state index contributed by atoms with van der Waals surface area (Å²) in [5.74, 6) is 0.531. The molecule has 1 aromatic heterocycles. The van der Waals surface area contributed by atoms with Crippen LogP contribution in [0.15, 0.2) is 67.0 Å². The summed E-state index contributed by atoms with van der Waals surface area (Å²) in [4.78, 5) is 14.0. The number of anilines is 1. The number of hydrogen-bond acceptors (Lipinski definition) is 4. The summed E-state index contributed by atoms with van der Waals surface area (Å²) in [5.41, 5.74) is 4.88. The van der Waals surface area contributed by atoms with Gasteiger partial charge in [0.15, 0.2) is 0 Å². The number of carbonyl (C=O) groups excluding carboxylic acids is 1. The zero-order valence-corrected chi connectivity index (χ0v) is 17.7. The third-order valence-electron chi connectivity index (χ3n) is 5.15. The summed E-state index contributed by atoms with van der Waals surface area (Å²) in [6, 6.07) is 17.5. The Bertz CT molecular complexity index is 1070. The van der Waals surface area contributed by atoms with Gasteiger partial charge in [-0.15, -0.1) is 0 Å². The molecule has 30 heavy (non-hydrogen) atoms. The standard InChI is InChI=1S/C24H23ClN2O3/c1-3-30-24(28)18-6-8-19(9-7-18)27-15-22(25)21-12-13-26(23(21)16-27)14-17-4-10-20(29-2)11-5-17/h4-13,15H,3,14,16H2,1-2H3. The van der Waals surface area contributed by atoms with Crippen molar-refractivity contribution in [1.82, 2.24) is 4.57 Å². The first-order valence-corrected chi connectivity index (χ1v) is 10.2. The summed E-state index contributed by atoms with van der Waals surface area (Å²) in [7, 11) is 1.67. The van der Waals surface area contributed by atoms with Gasteiger partial charge in [-0.3, -0.25) is 0 Å². The first kappa shape index (κ1) is 20.1. The van der Waals surface area contributed by atoms with Gasteiger partial charge >= 0.3 is 5.97 Å². The third-order valence-corrected chi connectivity index (χ3v) is 5.45. The van der Waals surface area contributed by atoms with E-state index in [9.17, 15) is 4.79 Å². The van der Waals surface area contributed by atoms with Crippen molar-refractivity contribution >= 4 is 28.3 Å². The molecule has 4 rings (SSSR count). The Labute approximate surface area is 181 Å². The van der Waals surface area contributed by atoms with Crippen molar-refractivity contribution in [2.24, 2.45) is 0 Å². The van der Waals surface area contributed by atoms with E-state index in [4.69, 9.17) is 21.1 Å². The summed E-state index contributed by atoms with van der Waals surface area (Å²) < 4.78 is 12.5. The van der Waals surface area contributed by atoms with Crippen molar-refractivity contribution in [3.63, 3.8) is 0 Å². The molecule has 0 saturated heterocycles. The quantitative estimate of drug-likeness (QED) is 0.507. The van der Waals surface area contributed by atoms with Crippen LogP contribution in [-0.4, -0.2) is 24.3 Å². The summed E-state index contributed by atoms with van der Waals surface area (Å²) in [6.07, 6.45) is 4.00. The van der Waals surface area contributed by atoms with Crippen LogP contribution in [-0.2, 0) is 17.8 Å². The molecule has 2 aromatic carbocycles. The van der Waals surface area contributed by atoms with Crippen LogP contribution in [0, 0.1) is 0 Å². The molecule has 0 fully saturated rings. The Morgan fingerprint density at radius 3 is 2.47 bits per heavy atom. The highest BCUT2D eigenvalue weighted by Gasteiger charge is 2.21. The van der Waals surface area contributed by atoms with Crippen molar-refractivity contribution in [2.45, 2.75) is 20.0 Å². The second kappa shape index (κ2) is 8.67. The molecule has 5 nitrogen and oxygen atoms in total. The summed E-state index contributed by atoms with van der Waals surface area (Å²) >= 11 is 6.59. The van der Waals surface area contributed by atoms with Crippen LogP contribution in [0.2, 0.25) is 0 Å². The smallest absolute Gasteiger partial charge is 0.338 e. The Morgan fingerprint density at radius 1 is 1.07 bits per heavy atom. The number of ether oxygens (including phenoxy) is 2. The first-order valence-electron chi connectivity index (χ1n) is 9.81. The fraction of sp³-hybridized carbons (Fsp3) is 0.208. The number of rotatable bonds is 6. The normalized spacial score (nSPS) is 12.9. The number of esters is 1. The molecule has 0 amide bonds. The molecule has 0 bridgehead atoms. The van der Waals surface area contributed by atoms with E-state index in [0.29, 0.717) is 23.7 Å². The van der Waals surface area contributed by atoms with Gasteiger partial charge in [-0.2, -0.15) is 0 Å². The minimum absolute atomic E-state index is 0.313. The third kappa shape index (κ3) is 4.07. The zero-order chi connectivity index (χ0) is 21.1. The van der Waals surface area contributed by atoms with Crippen LogP contribution >= 0.6 is 11.6 Å². The first-order chi connectivity index (χ1) is 14.6. The number of carbonyl (C=O) groups is 1. The van der Waals surface area contributed by atoms with Gasteiger partial charge in [0.05, 0.1) is 30.9 Å². The number of nitrogens with zero attached hydrogens (tertiary/aromatic N) is 2. The van der Waals surface area contributed by atoms with Gasteiger partial charge in [-0.1, -0.05) is 23.7 Å². The van der Waals surface area contributed by atoms with Gasteiger partial charge in [-0.05, 0) is 55.0 Å². The molecule has 0 atom stereocenters. The second-order valence-corrected chi connectivity index (χ2v) is 7.43. The van der Waals surface area contributed by atoms with Gasteiger partial charge in [0.2, 0.25) is 0 Å². The maximum Gasteiger partial charge on any atom is 0.338 e. The van der Waals surface area contributed by atoms with E-state index in [1.165, 1.54) is 5.56 Å². The molecule has 0 radical (unpaired) electrons. The largest absolute Gasteiger partial charge is 0.497 e. The molecule has 0 aliphatic carbocycles. The molecule has 3 aromatic rings. The molecule has 0 spiro atoms. The van der Waals surface area contributed by atoms with E-state index >= 15 is 0 Å². The molecule has 0 saturated carbocycles. The maximum absolute atomic E-state index is 11.9. The highest BCUT2D eigenvalue weighted by Crippen LogP contribution is 2.33. The van der Waals surface area contributed by atoms with Crippen LogP contribution in [0.5, 0.6) is 5.75 Å². The number of methoxy groups -OCH3 is 1.